The van der Waals surface area contributed by atoms with Gasteiger partial charge in [-0.1, -0.05) is 22.9 Å². The number of halogens is 4. The second-order valence-corrected chi connectivity index (χ2v) is 7.97. The third-order valence-electron chi connectivity index (χ3n) is 3.40. The van der Waals surface area contributed by atoms with Crippen LogP contribution in [0.25, 0.3) is 10.2 Å². The molecule has 3 N–H and O–H groups in total. The lowest BCUT2D eigenvalue weighted by molar-refractivity contribution is 0.653. The maximum absolute atomic E-state index is 13.0. The van der Waals surface area contributed by atoms with Crippen LogP contribution in [-0.4, -0.2) is 16.0 Å². The molecule has 3 heterocycles. The first-order valence-corrected chi connectivity index (χ1v) is 9.13. The Balaban J connectivity index is 0.00000156. The molecule has 1 atom stereocenters. The van der Waals surface area contributed by atoms with Gasteiger partial charge < -0.3 is 11.1 Å². The van der Waals surface area contributed by atoms with Crippen molar-refractivity contribution in [3.8, 4) is 0 Å². The van der Waals surface area contributed by atoms with Gasteiger partial charge in [0.2, 0.25) is 0 Å². The molecule has 138 valence electrons. The molecule has 3 rings (SSSR count). The summed E-state index contributed by atoms with van der Waals surface area (Å²) in [5.41, 5.74) is 8.82. The van der Waals surface area contributed by atoms with E-state index in [-0.39, 0.29) is 36.0 Å². The second-order valence-electron chi connectivity index (χ2n) is 5.41. The first-order chi connectivity index (χ1) is 10.9. The van der Waals surface area contributed by atoms with E-state index in [1.54, 1.807) is 17.4 Å². The summed E-state index contributed by atoms with van der Waals surface area (Å²) in [6, 6.07) is 1.88. The number of nitrogens with one attached hydrogen (secondary N) is 1. The predicted octanol–water partition coefficient (Wildman–Crippen LogP) is 5.20. The summed E-state index contributed by atoms with van der Waals surface area (Å²) in [6.45, 7) is 4.48. The Morgan fingerprint density at radius 3 is 2.68 bits per heavy atom. The topological polar surface area (TPSA) is 63.8 Å². The van der Waals surface area contributed by atoms with Crippen LogP contribution in [0.3, 0.4) is 0 Å². The Morgan fingerprint density at radius 1 is 1.36 bits per heavy atom. The van der Waals surface area contributed by atoms with Crippen molar-refractivity contribution in [2.24, 2.45) is 5.73 Å². The largest absolute Gasteiger partial charge is 0.377 e. The predicted molar refractivity (Wildman–Crippen MR) is 111 cm³/mol. The quantitative estimate of drug-likeness (QED) is 0.532. The number of nitrogens with two attached hydrogens (primary N) is 1. The maximum atomic E-state index is 13.0. The van der Waals surface area contributed by atoms with E-state index in [0.717, 1.165) is 39.2 Å². The van der Waals surface area contributed by atoms with E-state index in [2.05, 4.69) is 15.3 Å². The lowest BCUT2D eigenvalue weighted by Crippen LogP contribution is -2.17. The second kappa shape index (κ2) is 9.30. The van der Waals surface area contributed by atoms with Gasteiger partial charge in [-0.3, -0.25) is 0 Å². The van der Waals surface area contributed by atoms with E-state index in [1.165, 1.54) is 11.1 Å². The Bertz CT molecular complexity index is 851. The molecule has 0 spiro atoms. The number of pyridine rings is 1. The van der Waals surface area contributed by atoms with E-state index in [1.807, 2.05) is 13.8 Å². The number of aryl methyl sites for hydroxylation is 1. The first-order valence-electron chi connectivity index (χ1n) is 7.12. The number of nitrogens with zero attached hydrogens (tertiary/aromatic N) is 2. The molecule has 0 saturated heterocycles. The zero-order valence-corrected chi connectivity index (χ0v) is 17.5. The fraction of sp³-hybridized carbons (Fsp3) is 0.333. The first kappa shape index (κ1) is 22.3. The average Bonchev–Trinajstić information content (AvgIpc) is 3.02. The minimum atomic E-state index is -0.286. The van der Waals surface area contributed by atoms with Crippen molar-refractivity contribution in [1.82, 2.24) is 9.97 Å². The van der Waals surface area contributed by atoms with Gasteiger partial charge in [0.25, 0.3) is 0 Å². The molecular weight excluding hydrogens is 426 g/mol. The van der Waals surface area contributed by atoms with Crippen molar-refractivity contribution in [2.45, 2.75) is 32.9 Å². The van der Waals surface area contributed by atoms with Gasteiger partial charge in [0.1, 0.15) is 10.2 Å². The molecule has 3 aromatic rings. The third kappa shape index (κ3) is 5.15. The molecule has 10 heteroatoms. The molecule has 0 aliphatic carbocycles. The molecule has 0 bridgehead atoms. The molecule has 0 aliphatic heterocycles. The van der Waals surface area contributed by atoms with Crippen LogP contribution < -0.4 is 11.1 Å². The number of thiophene rings is 1. The van der Waals surface area contributed by atoms with Crippen molar-refractivity contribution in [3.05, 3.63) is 38.0 Å². The summed E-state index contributed by atoms with van der Waals surface area (Å²) in [6.07, 6.45) is 2.04. The number of hydrogen-bond donors (Lipinski definition) is 2. The molecule has 3 aromatic heterocycles. The summed E-state index contributed by atoms with van der Waals surface area (Å²) in [5.74, 6) is 0. The van der Waals surface area contributed by atoms with Crippen LogP contribution in [-0.2, 0) is 13.0 Å². The zero-order valence-electron chi connectivity index (χ0n) is 13.5. The van der Waals surface area contributed by atoms with Crippen LogP contribution in [0.2, 0.25) is 5.15 Å². The van der Waals surface area contributed by atoms with Crippen molar-refractivity contribution in [2.75, 3.05) is 5.32 Å². The molecule has 1 unspecified atom stereocenters. The molecular formula is C15H18Cl3FN4S2. The highest BCUT2D eigenvalue weighted by Gasteiger charge is 2.15. The molecule has 0 aromatic carbocycles. The Hall–Kier alpha value is -0.700. The summed E-state index contributed by atoms with van der Waals surface area (Å²) in [7, 11) is 0. The number of anilines is 1. The average molecular weight is 444 g/mol. The van der Waals surface area contributed by atoms with Crippen LogP contribution in [0.1, 0.15) is 22.4 Å². The number of rotatable bonds is 5. The van der Waals surface area contributed by atoms with E-state index in [0.29, 0.717) is 16.7 Å². The summed E-state index contributed by atoms with van der Waals surface area (Å²) >= 11 is 8.86. The summed E-state index contributed by atoms with van der Waals surface area (Å²) in [4.78, 5) is 9.68. The van der Waals surface area contributed by atoms with Crippen LogP contribution >= 0.6 is 59.1 Å². The van der Waals surface area contributed by atoms with Gasteiger partial charge in [0.05, 0.1) is 28.6 Å². The Morgan fingerprint density at radius 2 is 2.08 bits per heavy atom. The van der Waals surface area contributed by atoms with E-state index >= 15 is 0 Å². The van der Waals surface area contributed by atoms with Crippen molar-refractivity contribution < 1.29 is 4.39 Å². The fourth-order valence-corrected chi connectivity index (χ4v) is 4.50. The van der Waals surface area contributed by atoms with Gasteiger partial charge >= 0.3 is 0 Å². The van der Waals surface area contributed by atoms with Crippen molar-refractivity contribution >= 4 is 75.0 Å². The highest BCUT2D eigenvalue weighted by Crippen LogP contribution is 2.37. The minimum Gasteiger partial charge on any atom is -0.377 e. The van der Waals surface area contributed by atoms with Gasteiger partial charge in [-0.2, -0.15) is 4.39 Å². The van der Waals surface area contributed by atoms with E-state index in [9.17, 15) is 4.39 Å². The number of thiazole rings is 1. The Labute approximate surface area is 170 Å². The SMILES string of the molecule is Cc1c(CC(C)N)sc2c(NCc3ncc(F)s3)cc(Cl)nc12.Cl.Cl. The zero-order chi connectivity index (χ0) is 16.6. The van der Waals surface area contributed by atoms with Gasteiger partial charge in [-0.15, -0.1) is 36.2 Å². The van der Waals surface area contributed by atoms with Gasteiger partial charge in [0, 0.05) is 17.0 Å². The highest BCUT2D eigenvalue weighted by atomic mass is 35.5. The maximum Gasteiger partial charge on any atom is 0.196 e. The van der Waals surface area contributed by atoms with Crippen molar-refractivity contribution in [3.63, 3.8) is 0 Å². The molecule has 0 radical (unpaired) electrons. The van der Waals surface area contributed by atoms with Crippen LogP contribution in [0.15, 0.2) is 12.3 Å². The number of aromatic nitrogens is 2. The van der Waals surface area contributed by atoms with Crippen LogP contribution in [0.5, 0.6) is 0 Å². The third-order valence-corrected chi connectivity index (χ3v) is 5.72. The van der Waals surface area contributed by atoms with Crippen LogP contribution in [0, 0.1) is 12.1 Å². The lowest BCUT2D eigenvalue weighted by atomic mass is 10.1. The molecule has 0 aliphatic rings. The highest BCUT2D eigenvalue weighted by molar-refractivity contribution is 7.19. The normalized spacial score (nSPS) is 11.7. The monoisotopic (exact) mass is 442 g/mol. The van der Waals surface area contributed by atoms with E-state index in [4.69, 9.17) is 17.3 Å². The molecule has 0 amide bonds. The van der Waals surface area contributed by atoms with Crippen LogP contribution in [0.4, 0.5) is 10.1 Å². The standard InChI is InChI=1S/C15H16ClFN4S2.2ClH/c1-7(18)3-10-8(2)14-15(22-10)9(4-11(16)21-14)19-6-13-20-5-12(17)23-13;;/h4-5,7H,3,6,18H2,1-2H3,(H,19,21);2*1H. The Kier molecular flexibility index (Phi) is 8.31. The number of fused-ring (bicyclic) bond motifs is 1. The van der Waals surface area contributed by atoms with Gasteiger partial charge in [-0.25, -0.2) is 9.97 Å². The fourth-order valence-electron chi connectivity index (χ4n) is 2.35. The van der Waals surface area contributed by atoms with Crippen molar-refractivity contribution in [1.29, 1.82) is 0 Å². The molecule has 4 nitrogen and oxygen atoms in total. The minimum absolute atomic E-state index is 0. The van der Waals surface area contributed by atoms with Gasteiger partial charge in [-0.05, 0) is 25.8 Å². The van der Waals surface area contributed by atoms with Gasteiger partial charge in [0.15, 0.2) is 5.13 Å². The molecule has 25 heavy (non-hydrogen) atoms. The smallest absolute Gasteiger partial charge is 0.196 e. The van der Waals surface area contributed by atoms with E-state index < -0.39 is 0 Å². The lowest BCUT2D eigenvalue weighted by Gasteiger charge is -2.06. The summed E-state index contributed by atoms with van der Waals surface area (Å²) < 4.78 is 14.1. The molecule has 0 saturated carbocycles. The number of hydrogen-bond acceptors (Lipinski definition) is 6. The molecule has 0 fully saturated rings. The summed E-state index contributed by atoms with van der Waals surface area (Å²) in [5, 5.41) is 4.12.